The molecule has 0 radical (unpaired) electrons. The van der Waals surface area contributed by atoms with E-state index in [1.807, 2.05) is 16.9 Å². The SMILES string of the molecule is CCNCCn1nnnc1SCc1ncccc1C. The minimum atomic E-state index is 0.782. The number of aryl methyl sites for hydroxylation is 1. The zero-order valence-electron chi connectivity index (χ0n) is 11.2. The van der Waals surface area contributed by atoms with Crippen molar-refractivity contribution in [1.29, 1.82) is 0 Å². The molecule has 0 amide bonds. The van der Waals surface area contributed by atoms with E-state index in [0.29, 0.717) is 0 Å². The molecule has 0 aliphatic carbocycles. The number of hydrogen-bond donors (Lipinski definition) is 1. The number of likely N-dealkylation sites (N-methyl/N-ethyl adjacent to an activating group) is 1. The predicted octanol–water partition coefficient (Wildman–Crippen LogP) is 1.28. The van der Waals surface area contributed by atoms with Crippen molar-refractivity contribution >= 4 is 11.8 Å². The van der Waals surface area contributed by atoms with Crippen molar-refractivity contribution in [3.05, 3.63) is 29.6 Å². The molecule has 0 aliphatic rings. The van der Waals surface area contributed by atoms with E-state index in [0.717, 1.165) is 36.2 Å². The Hall–Kier alpha value is -1.47. The van der Waals surface area contributed by atoms with Crippen LogP contribution in [0.25, 0.3) is 0 Å². The average Bonchev–Trinajstić information content (AvgIpc) is 2.86. The first kappa shape index (κ1) is 14.0. The number of aromatic nitrogens is 5. The maximum absolute atomic E-state index is 4.37. The van der Waals surface area contributed by atoms with Gasteiger partial charge in [0.15, 0.2) is 0 Å². The fourth-order valence-corrected chi connectivity index (χ4v) is 2.54. The zero-order valence-corrected chi connectivity index (χ0v) is 12.0. The van der Waals surface area contributed by atoms with Crippen LogP contribution in [-0.2, 0) is 12.3 Å². The third-order valence-corrected chi connectivity index (χ3v) is 3.67. The van der Waals surface area contributed by atoms with Crippen LogP contribution in [-0.4, -0.2) is 38.3 Å². The molecule has 0 saturated heterocycles. The number of rotatable bonds is 7. The molecule has 102 valence electrons. The number of hydrogen-bond acceptors (Lipinski definition) is 6. The second-order valence-corrected chi connectivity index (χ2v) is 5.04. The average molecular weight is 278 g/mol. The lowest BCUT2D eigenvalue weighted by Crippen LogP contribution is -2.20. The first-order valence-electron chi connectivity index (χ1n) is 6.31. The Kier molecular flexibility index (Phi) is 5.29. The Balaban J connectivity index is 1.93. The summed E-state index contributed by atoms with van der Waals surface area (Å²) >= 11 is 1.62. The quantitative estimate of drug-likeness (QED) is 0.608. The predicted molar refractivity (Wildman–Crippen MR) is 74.9 cm³/mol. The summed E-state index contributed by atoms with van der Waals surface area (Å²) in [4.78, 5) is 4.37. The highest BCUT2D eigenvalue weighted by molar-refractivity contribution is 7.98. The molecule has 0 saturated carbocycles. The fraction of sp³-hybridized carbons (Fsp3) is 0.500. The third-order valence-electron chi connectivity index (χ3n) is 2.71. The molecule has 0 spiro atoms. The van der Waals surface area contributed by atoms with Crippen molar-refractivity contribution in [1.82, 2.24) is 30.5 Å². The smallest absolute Gasteiger partial charge is 0.209 e. The molecule has 19 heavy (non-hydrogen) atoms. The lowest BCUT2D eigenvalue weighted by atomic mass is 10.2. The van der Waals surface area contributed by atoms with Gasteiger partial charge in [0.25, 0.3) is 0 Å². The Bertz CT molecular complexity index is 512. The monoisotopic (exact) mass is 278 g/mol. The summed E-state index contributed by atoms with van der Waals surface area (Å²) < 4.78 is 1.82. The summed E-state index contributed by atoms with van der Waals surface area (Å²) in [5.74, 6) is 0.786. The molecule has 0 aliphatic heterocycles. The molecule has 1 N–H and O–H groups in total. The Morgan fingerprint density at radius 3 is 3.11 bits per heavy atom. The lowest BCUT2D eigenvalue weighted by molar-refractivity contribution is 0.517. The van der Waals surface area contributed by atoms with E-state index in [2.05, 4.69) is 45.7 Å². The van der Waals surface area contributed by atoms with E-state index in [1.54, 1.807) is 11.8 Å². The van der Waals surface area contributed by atoms with Crippen molar-refractivity contribution in [2.45, 2.75) is 31.3 Å². The number of thioether (sulfide) groups is 1. The number of tetrazole rings is 1. The summed E-state index contributed by atoms with van der Waals surface area (Å²) in [6.07, 6.45) is 1.82. The minimum absolute atomic E-state index is 0.782. The summed E-state index contributed by atoms with van der Waals surface area (Å²) in [5, 5.41) is 15.9. The highest BCUT2D eigenvalue weighted by Gasteiger charge is 2.08. The first-order valence-corrected chi connectivity index (χ1v) is 7.30. The van der Waals surface area contributed by atoms with Crippen LogP contribution in [0, 0.1) is 6.92 Å². The summed E-state index contributed by atoms with van der Waals surface area (Å²) in [5.41, 5.74) is 2.27. The molecule has 2 heterocycles. The molecular formula is C12H18N6S. The molecule has 2 aromatic heterocycles. The summed E-state index contributed by atoms with van der Waals surface area (Å²) in [7, 11) is 0. The van der Waals surface area contributed by atoms with Gasteiger partial charge < -0.3 is 5.32 Å². The van der Waals surface area contributed by atoms with Crippen LogP contribution < -0.4 is 5.32 Å². The van der Waals surface area contributed by atoms with E-state index in [9.17, 15) is 0 Å². The van der Waals surface area contributed by atoms with Crippen LogP contribution in [0.4, 0.5) is 0 Å². The van der Waals surface area contributed by atoms with Crippen molar-refractivity contribution in [3.63, 3.8) is 0 Å². The normalized spacial score (nSPS) is 10.8. The van der Waals surface area contributed by atoms with Crippen LogP contribution in [0.3, 0.4) is 0 Å². The topological polar surface area (TPSA) is 68.5 Å². The third kappa shape index (κ3) is 4.00. The molecule has 2 rings (SSSR count). The van der Waals surface area contributed by atoms with Gasteiger partial charge in [-0.1, -0.05) is 24.8 Å². The van der Waals surface area contributed by atoms with Crippen LogP contribution in [0.15, 0.2) is 23.5 Å². The maximum atomic E-state index is 4.37. The fourth-order valence-electron chi connectivity index (χ4n) is 1.60. The highest BCUT2D eigenvalue weighted by Crippen LogP contribution is 2.20. The van der Waals surface area contributed by atoms with Crippen LogP contribution >= 0.6 is 11.8 Å². The second-order valence-electron chi connectivity index (χ2n) is 4.09. The minimum Gasteiger partial charge on any atom is -0.315 e. The first-order chi connectivity index (χ1) is 9.31. The maximum Gasteiger partial charge on any atom is 0.209 e. The van der Waals surface area contributed by atoms with Gasteiger partial charge >= 0.3 is 0 Å². The van der Waals surface area contributed by atoms with Crippen LogP contribution in [0.1, 0.15) is 18.2 Å². The molecule has 2 aromatic rings. The second kappa shape index (κ2) is 7.20. The van der Waals surface area contributed by atoms with E-state index < -0.39 is 0 Å². The van der Waals surface area contributed by atoms with Gasteiger partial charge in [0, 0.05) is 18.5 Å². The summed E-state index contributed by atoms with van der Waals surface area (Å²) in [6.45, 7) is 6.76. The molecular weight excluding hydrogens is 260 g/mol. The molecule has 0 fully saturated rings. The Labute approximate surface area is 117 Å². The van der Waals surface area contributed by atoms with Crippen LogP contribution in [0.2, 0.25) is 0 Å². The number of nitrogens with zero attached hydrogens (tertiary/aromatic N) is 5. The van der Waals surface area contributed by atoms with E-state index in [4.69, 9.17) is 0 Å². The summed E-state index contributed by atoms with van der Waals surface area (Å²) in [6, 6.07) is 4.01. The van der Waals surface area contributed by atoms with Crippen molar-refractivity contribution in [2.75, 3.05) is 13.1 Å². The Morgan fingerprint density at radius 2 is 2.32 bits per heavy atom. The number of pyridine rings is 1. The molecule has 0 aromatic carbocycles. The van der Waals surface area contributed by atoms with Crippen molar-refractivity contribution < 1.29 is 0 Å². The van der Waals surface area contributed by atoms with E-state index in [1.165, 1.54) is 5.56 Å². The van der Waals surface area contributed by atoms with Crippen molar-refractivity contribution in [3.8, 4) is 0 Å². The molecule has 7 heteroatoms. The standard InChI is InChI=1S/C12H18N6S/c1-3-13-7-8-18-12(15-16-17-18)19-9-11-10(2)5-4-6-14-11/h4-6,13H,3,7-9H2,1-2H3. The van der Waals surface area contributed by atoms with Gasteiger partial charge in [-0.15, -0.1) is 5.10 Å². The van der Waals surface area contributed by atoms with Gasteiger partial charge in [-0.3, -0.25) is 4.98 Å². The molecule has 0 unspecified atom stereocenters. The largest absolute Gasteiger partial charge is 0.315 e. The van der Waals surface area contributed by atoms with Gasteiger partial charge in [-0.25, -0.2) is 4.68 Å². The molecule has 0 bridgehead atoms. The molecule has 6 nitrogen and oxygen atoms in total. The number of nitrogens with one attached hydrogen (secondary N) is 1. The van der Waals surface area contributed by atoms with E-state index >= 15 is 0 Å². The van der Waals surface area contributed by atoms with Gasteiger partial charge in [0.2, 0.25) is 5.16 Å². The van der Waals surface area contributed by atoms with Crippen molar-refractivity contribution in [2.24, 2.45) is 0 Å². The lowest BCUT2D eigenvalue weighted by Gasteiger charge is -2.05. The van der Waals surface area contributed by atoms with Gasteiger partial charge in [-0.2, -0.15) is 0 Å². The highest BCUT2D eigenvalue weighted by atomic mass is 32.2. The zero-order chi connectivity index (χ0) is 13.5. The van der Waals surface area contributed by atoms with Gasteiger partial charge in [0.1, 0.15) is 0 Å². The van der Waals surface area contributed by atoms with Gasteiger partial charge in [-0.05, 0) is 35.5 Å². The van der Waals surface area contributed by atoms with Crippen LogP contribution in [0.5, 0.6) is 0 Å². The van der Waals surface area contributed by atoms with E-state index in [-0.39, 0.29) is 0 Å². The Morgan fingerprint density at radius 1 is 1.42 bits per heavy atom. The molecule has 0 atom stereocenters. The van der Waals surface area contributed by atoms with Gasteiger partial charge in [0.05, 0.1) is 12.2 Å².